The molecule has 0 fully saturated rings. The highest BCUT2D eigenvalue weighted by Gasteiger charge is 2.07. The molecule has 0 atom stereocenters. The average molecular weight is 279 g/mol. The van der Waals surface area contributed by atoms with Gasteiger partial charge in [0, 0.05) is 16.1 Å². The van der Waals surface area contributed by atoms with Crippen LogP contribution in [0.3, 0.4) is 0 Å². The second-order valence-electron chi connectivity index (χ2n) is 2.45. The lowest BCUT2D eigenvalue weighted by molar-refractivity contribution is -0.131. The van der Waals surface area contributed by atoms with E-state index in [1.165, 1.54) is 12.1 Å². The van der Waals surface area contributed by atoms with Crippen molar-refractivity contribution in [2.24, 2.45) is 0 Å². The van der Waals surface area contributed by atoms with Crippen molar-refractivity contribution in [3.63, 3.8) is 0 Å². The van der Waals surface area contributed by atoms with Gasteiger partial charge in [-0.2, -0.15) is 0 Å². The molecule has 0 amide bonds. The van der Waals surface area contributed by atoms with E-state index in [9.17, 15) is 9.18 Å². The molecule has 0 spiro atoms. The van der Waals surface area contributed by atoms with Gasteiger partial charge in [-0.15, -0.1) is 0 Å². The number of carbonyl (C=O) groups is 1. The first kappa shape index (κ1) is 11.2. The zero-order chi connectivity index (χ0) is 10.7. The third-order valence-corrected chi connectivity index (χ3v) is 2.24. The number of hydrogen-bond donors (Lipinski definition) is 1. The highest BCUT2D eigenvalue weighted by molar-refractivity contribution is 9.10. The fourth-order valence-corrected chi connectivity index (χ4v) is 1.45. The summed E-state index contributed by atoms with van der Waals surface area (Å²) >= 11 is 8.66. The number of carboxylic acid groups (broad SMARTS) is 1. The molecule has 14 heavy (non-hydrogen) atoms. The molecule has 5 heteroatoms. The van der Waals surface area contributed by atoms with E-state index >= 15 is 0 Å². The maximum Gasteiger partial charge on any atom is 0.329 e. The normalized spacial score (nSPS) is 11.5. The molecule has 0 radical (unpaired) electrons. The van der Waals surface area contributed by atoms with Gasteiger partial charge in [0.05, 0.1) is 5.03 Å². The number of aliphatic carboxylic acids is 1. The van der Waals surface area contributed by atoms with Crippen molar-refractivity contribution >= 4 is 38.5 Å². The summed E-state index contributed by atoms with van der Waals surface area (Å²) < 4.78 is 13.8. The molecule has 74 valence electrons. The molecule has 1 N–H and O–H groups in total. The summed E-state index contributed by atoms with van der Waals surface area (Å²) in [5.74, 6) is -1.78. The SMILES string of the molecule is O=C(O)/C=C(/Cl)c1ccc(Br)cc1F. The number of halogens is 3. The largest absolute Gasteiger partial charge is 0.478 e. The van der Waals surface area contributed by atoms with Gasteiger partial charge >= 0.3 is 5.97 Å². The van der Waals surface area contributed by atoms with Crippen LogP contribution in [-0.2, 0) is 4.79 Å². The van der Waals surface area contributed by atoms with Gasteiger partial charge in [0.15, 0.2) is 0 Å². The standard InChI is InChI=1S/C9H5BrClFO2/c10-5-1-2-6(8(12)3-5)7(11)4-9(13)14/h1-4H,(H,13,14)/b7-4+. The minimum Gasteiger partial charge on any atom is -0.478 e. The zero-order valence-electron chi connectivity index (χ0n) is 6.80. The van der Waals surface area contributed by atoms with Crippen LogP contribution in [0.15, 0.2) is 28.7 Å². The van der Waals surface area contributed by atoms with Crippen LogP contribution < -0.4 is 0 Å². The van der Waals surface area contributed by atoms with Gasteiger partial charge in [0.1, 0.15) is 5.82 Å². The van der Waals surface area contributed by atoms with Crippen LogP contribution >= 0.6 is 27.5 Å². The number of carboxylic acids is 1. The van der Waals surface area contributed by atoms with Crippen LogP contribution in [0.1, 0.15) is 5.56 Å². The first-order valence-corrected chi connectivity index (χ1v) is 4.73. The van der Waals surface area contributed by atoms with Gasteiger partial charge in [0.25, 0.3) is 0 Å². The van der Waals surface area contributed by atoms with E-state index in [1.54, 1.807) is 6.07 Å². The van der Waals surface area contributed by atoms with Crippen LogP contribution in [0.2, 0.25) is 0 Å². The molecule has 0 aliphatic carbocycles. The molecule has 0 heterocycles. The molecular formula is C9H5BrClFO2. The maximum atomic E-state index is 13.2. The summed E-state index contributed by atoms with van der Waals surface area (Å²) in [6, 6.07) is 4.20. The number of rotatable bonds is 2. The number of hydrogen-bond acceptors (Lipinski definition) is 1. The van der Waals surface area contributed by atoms with Gasteiger partial charge in [-0.1, -0.05) is 27.5 Å². The van der Waals surface area contributed by atoms with Crippen LogP contribution in [0.5, 0.6) is 0 Å². The summed E-state index contributed by atoms with van der Waals surface area (Å²) in [6.07, 6.45) is 0.744. The van der Waals surface area contributed by atoms with Crippen molar-refractivity contribution in [3.8, 4) is 0 Å². The van der Waals surface area contributed by atoms with Crippen LogP contribution in [0.4, 0.5) is 4.39 Å². The highest BCUT2D eigenvalue weighted by atomic mass is 79.9. The van der Waals surface area contributed by atoms with Gasteiger partial charge < -0.3 is 5.11 Å². The third-order valence-electron chi connectivity index (χ3n) is 1.44. The van der Waals surface area contributed by atoms with E-state index in [1.807, 2.05) is 0 Å². The van der Waals surface area contributed by atoms with Gasteiger partial charge in [-0.3, -0.25) is 0 Å². The molecule has 1 rings (SSSR count). The molecular weight excluding hydrogens is 274 g/mol. The van der Waals surface area contributed by atoms with Crippen molar-refractivity contribution in [3.05, 3.63) is 40.1 Å². The Kier molecular flexibility index (Phi) is 3.66. The lowest BCUT2D eigenvalue weighted by Gasteiger charge is -2.00. The van der Waals surface area contributed by atoms with Gasteiger partial charge in [-0.25, -0.2) is 9.18 Å². The van der Waals surface area contributed by atoms with E-state index in [2.05, 4.69) is 15.9 Å². The fraction of sp³-hybridized carbons (Fsp3) is 0. The second-order valence-corrected chi connectivity index (χ2v) is 3.78. The Morgan fingerprint density at radius 2 is 2.21 bits per heavy atom. The molecule has 2 nitrogen and oxygen atoms in total. The predicted molar refractivity (Wildman–Crippen MR) is 55.6 cm³/mol. The van der Waals surface area contributed by atoms with E-state index < -0.39 is 11.8 Å². The third kappa shape index (κ3) is 2.82. The molecule has 0 saturated carbocycles. The maximum absolute atomic E-state index is 13.2. The molecule has 1 aromatic rings. The molecule has 0 unspecified atom stereocenters. The molecule has 0 aliphatic rings. The smallest absolute Gasteiger partial charge is 0.329 e. The van der Waals surface area contributed by atoms with Crippen molar-refractivity contribution in [2.75, 3.05) is 0 Å². The molecule has 0 aromatic heterocycles. The second kappa shape index (κ2) is 4.57. The molecule has 1 aromatic carbocycles. The first-order valence-electron chi connectivity index (χ1n) is 3.56. The van der Waals surface area contributed by atoms with Gasteiger partial charge in [-0.05, 0) is 18.2 Å². The topological polar surface area (TPSA) is 37.3 Å². The summed E-state index contributed by atoms with van der Waals surface area (Å²) in [6.45, 7) is 0. The Morgan fingerprint density at radius 3 is 2.71 bits per heavy atom. The van der Waals surface area contributed by atoms with Crippen LogP contribution in [-0.4, -0.2) is 11.1 Å². The van der Waals surface area contributed by atoms with E-state index in [0.717, 1.165) is 6.08 Å². The summed E-state index contributed by atoms with van der Waals surface area (Å²) in [5.41, 5.74) is 0.0669. The quantitative estimate of drug-likeness (QED) is 0.844. The first-order chi connectivity index (χ1) is 6.50. The highest BCUT2D eigenvalue weighted by Crippen LogP contribution is 2.24. The van der Waals surface area contributed by atoms with Crippen LogP contribution in [0.25, 0.3) is 5.03 Å². The van der Waals surface area contributed by atoms with Crippen molar-refractivity contribution in [1.82, 2.24) is 0 Å². The fourth-order valence-electron chi connectivity index (χ4n) is 0.869. The summed E-state index contributed by atoms with van der Waals surface area (Å²) in [7, 11) is 0. The Morgan fingerprint density at radius 1 is 1.57 bits per heavy atom. The average Bonchev–Trinajstić information content (AvgIpc) is 2.01. The Balaban J connectivity index is 3.14. The number of benzene rings is 1. The Bertz CT molecular complexity index is 404. The minimum atomic E-state index is -1.21. The Labute approximate surface area is 93.1 Å². The van der Waals surface area contributed by atoms with Crippen molar-refractivity contribution in [2.45, 2.75) is 0 Å². The van der Waals surface area contributed by atoms with E-state index in [0.29, 0.717) is 4.47 Å². The summed E-state index contributed by atoms with van der Waals surface area (Å²) in [4.78, 5) is 10.3. The van der Waals surface area contributed by atoms with Crippen molar-refractivity contribution in [1.29, 1.82) is 0 Å². The van der Waals surface area contributed by atoms with Crippen molar-refractivity contribution < 1.29 is 14.3 Å². The summed E-state index contributed by atoms with van der Waals surface area (Å²) in [5, 5.41) is 8.26. The van der Waals surface area contributed by atoms with E-state index in [-0.39, 0.29) is 10.6 Å². The Hall–Kier alpha value is -0.870. The van der Waals surface area contributed by atoms with E-state index in [4.69, 9.17) is 16.7 Å². The molecule has 0 bridgehead atoms. The van der Waals surface area contributed by atoms with Crippen LogP contribution in [0, 0.1) is 5.82 Å². The molecule has 0 saturated heterocycles. The lowest BCUT2D eigenvalue weighted by atomic mass is 10.2. The minimum absolute atomic E-state index is 0.0669. The van der Waals surface area contributed by atoms with Gasteiger partial charge in [0.2, 0.25) is 0 Å². The lowest BCUT2D eigenvalue weighted by Crippen LogP contribution is -1.91. The molecule has 0 aliphatic heterocycles. The predicted octanol–water partition coefficient (Wildman–Crippen LogP) is 3.25. The zero-order valence-corrected chi connectivity index (χ0v) is 9.14. The monoisotopic (exact) mass is 278 g/mol.